The second kappa shape index (κ2) is 7.06. The highest BCUT2D eigenvalue weighted by Crippen LogP contribution is 2.14. The van der Waals surface area contributed by atoms with Crippen LogP contribution >= 0.6 is 11.8 Å². The molecule has 0 aliphatic carbocycles. The highest BCUT2D eigenvalue weighted by molar-refractivity contribution is 8.00. The second-order valence-corrected chi connectivity index (χ2v) is 5.15. The Morgan fingerprint density at radius 3 is 2.67 bits per heavy atom. The van der Waals surface area contributed by atoms with Gasteiger partial charge in [0.25, 0.3) is 0 Å². The fourth-order valence-corrected chi connectivity index (χ4v) is 2.17. The van der Waals surface area contributed by atoms with Gasteiger partial charge in [0.05, 0.1) is 11.7 Å². The third-order valence-electron chi connectivity index (χ3n) is 2.44. The number of para-hydroxylation sites is 1. The van der Waals surface area contributed by atoms with Gasteiger partial charge in [-0.15, -0.1) is 0 Å². The lowest BCUT2D eigenvalue weighted by atomic mass is 10.2. The molecule has 4 nitrogen and oxygen atoms in total. The van der Waals surface area contributed by atoms with Gasteiger partial charge in [-0.25, -0.2) is 0 Å². The minimum atomic E-state index is -0.832. The van der Waals surface area contributed by atoms with Crippen molar-refractivity contribution in [2.75, 3.05) is 16.8 Å². The molecule has 0 spiro atoms. The molecule has 2 N–H and O–H groups in total. The Labute approximate surface area is 111 Å². The number of hydrogen-bond acceptors (Lipinski definition) is 3. The average molecular weight is 267 g/mol. The van der Waals surface area contributed by atoms with Gasteiger partial charge in [0, 0.05) is 11.4 Å². The Balaban J connectivity index is 2.35. The molecule has 0 aliphatic rings. The zero-order valence-electron chi connectivity index (χ0n) is 10.5. The number of nitrogens with one attached hydrogen (secondary N) is 1. The van der Waals surface area contributed by atoms with E-state index in [1.165, 1.54) is 11.8 Å². The first kappa shape index (κ1) is 14.6. The molecule has 0 fully saturated rings. The predicted molar refractivity (Wildman–Crippen MR) is 73.9 cm³/mol. The maximum Gasteiger partial charge on any atom is 0.307 e. The van der Waals surface area contributed by atoms with Gasteiger partial charge < -0.3 is 10.4 Å². The van der Waals surface area contributed by atoms with E-state index in [2.05, 4.69) is 5.32 Å². The number of carboxylic acids is 1. The number of benzene rings is 1. The van der Waals surface area contributed by atoms with Crippen molar-refractivity contribution in [3.8, 4) is 0 Å². The molecule has 1 amide bonds. The molecule has 0 bridgehead atoms. The SMILES string of the molecule is Cc1ccccc1NC(=O)CSCC(C)C(=O)O. The van der Waals surface area contributed by atoms with Crippen LogP contribution in [0.25, 0.3) is 0 Å². The van der Waals surface area contributed by atoms with Crippen molar-refractivity contribution in [1.82, 2.24) is 0 Å². The number of amides is 1. The van der Waals surface area contributed by atoms with E-state index >= 15 is 0 Å². The van der Waals surface area contributed by atoms with Crippen molar-refractivity contribution in [2.24, 2.45) is 5.92 Å². The molecule has 0 aromatic heterocycles. The average Bonchev–Trinajstić information content (AvgIpc) is 2.32. The lowest BCUT2D eigenvalue weighted by Crippen LogP contribution is -2.17. The third-order valence-corrected chi connectivity index (χ3v) is 3.64. The van der Waals surface area contributed by atoms with Gasteiger partial charge in [0.15, 0.2) is 0 Å². The summed E-state index contributed by atoms with van der Waals surface area (Å²) >= 11 is 1.33. The lowest BCUT2D eigenvalue weighted by Gasteiger charge is -2.08. The van der Waals surface area contributed by atoms with Gasteiger partial charge in [-0.05, 0) is 18.6 Å². The van der Waals surface area contributed by atoms with Crippen molar-refractivity contribution in [2.45, 2.75) is 13.8 Å². The minimum Gasteiger partial charge on any atom is -0.481 e. The molecule has 18 heavy (non-hydrogen) atoms. The fourth-order valence-electron chi connectivity index (χ4n) is 1.30. The smallest absolute Gasteiger partial charge is 0.307 e. The summed E-state index contributed by atoms with van der Waals surface area (Å²) in [6.45, 7) is 3.56. The maximum absolute atomic E-state index is 11.6. The summed E-state index contributed by atoms with van der Waals surface area (Å²) in [4.78, 5) is 22.2. The molecule has 0 aliphatic heterocycles. The number of carboxylic acid groups (broad SMARTS) is 1. The molecule has 0 radical (unpaired) electrons. The van der Waals surface area contributed by atoms with Gasteiger partial charge in [-0.3, -0.25) is 9.59 Å². The summed E-state index contributed by atoms with van der Waals surface area (Å²) in [5, 5.41) is 11.5. The highest BCUT2D eigenvalue weighted by Gasteiger charge is 2.12. The van der Waals surface area contributed by atoms with E-state index < -0.39 is 11.9 Å². The number of carbonyl (C=O) groups is 2. The topological polar surface area (TPSA) is 66.4 Å². The van der Waals surface area contributed by atoms with Crippen LogP contribution in [-0.4, -0.2) is 28.5 Å². The van der Waals surface area contributed by atoms with Gasteiger partial charge in [-0.2, -0.15) is 11.8 Å². The quantitative estimate of drug-likeness (QED) is 0.830. The Bertz CT molecular complexity index is 434. The number of aliphatic carboxylic acids is 1. The second-order valence-electron chi connectivity index (χ2n) is 4.12. The summed E-state index contributed by atoms with van der Waals surface area (Å²) in [7, 11) is 0. The molecule has 1 aromatic carbocycles. The Kier molecular flexibility index (Phi) is 5.71. The van der Waals surface area contributed by atoms with Crippen molar-refractivity contribution < 1.29 is 14.7 Å². The third kappa shape index (κ3) is 4.79. The van der Waals surface area contributed by atoms with Crippen LogP contribution in [0.1, 0.15) is 12.5 Å². The van der Waals surface area contributed by atoms with Crippen LogP contribution in [0.15, 0.2) is 24.3 Å². The standard InChI is InChI=1S/C13H17NO3S/c1-9-5-3-4-6-11(9)14-12(15)8-18-7-10(2)13(16)17/h3-6,10H,7-8H2,1-2H3,(H,14,15)(H,16,17). The van der Waals surface area contributed by atoms with E-state index in [-0.39, 0.29) is 11.7 Å². The first-order valence-corrected chi connectivity index (χ1v) is 6.82. The van der Waals surface area contributed by atoms with Crippen LogP contribution in [-0.2, 0) is 9.59 Å². The van der Waals surface area contributed by atoms with Crippen LogP contribution in [0, 0.1) is 12.8 Å². The molecule has 98 valence electrons. The van der Waals surface area contributed by atoms with Crippen molar-refractivity contribution in [3.63, 3.8) is 0 Å². The molecule has 1 atom stereocenters. The van der Waals surface area contributed by atoms with E-state index in [0.717, 1.165) is 11.3 Å². The van der Waals surface area contributed by atoms with Crippen molar-refractivity contribution >= 4 is 29.3 Å². The number of hydrogen-bond donors (Lipinski definition) is 2. The van der Waals surface area contributed by atoms with E-state index in [0.29, 0.717) is 5.75 Å². The van der Waals surface area contributed by atoms with Crippen LogP contribution < -0.4 is 5.32 Å². The van der Waals surface area contributed by atoms with Crippen LogP contribution in [0.5, 0.6) is 0 Å². The number of carbonyl (C=O) groups excluding carboxylic acids is 1. The monoisotopic (exact) mass is 267 g/mol. The zero-order valence-corrected chi connectivity index (χ0v) is 11.3. The first-order valence-electron chi connectivity index (χ1n) is 5.66. The summed E-state index contributed by atoms with van der Waals surface area (Å²) < 4.78 is 0. The molecule has 1 rings (SSSR count). The first-order chi connectivity index (χ1) is 8.50. The summed E-state index contributed by atoms with van der Waals surface area (Å²) in [5.74, 6) is -0.655. The molecular weight excluding hydrogens is 250 g/mol. The van der Waals surface area contributed by atoms with Gasteiger partial charge in [0.2, 0.25) is 5.91 Å². The largest absolute Gasteiger partial charge is 0.481 e. The van der Waals surface area contributed by atoms with E-state index in [9.17, 15) is 9.59 Å². The van der Waals surface area contributed by atoms with E-state index in [4.69, 9.17) is 5.11 Å². The number of anilines is 1. The summed E-state index contributed by atoms with van der Waals surface area (Å²) in [5.41, 5.74) is 1.81. The highest BCUT2D eigenvalue weighted by atomic mass is 32.2. The Morgan fingerprint density at radius 1 is 1.39 bits per heavy atom. The van der Waals surface area contributed by atoms with Crippen molar-refractivity contribution in [1.29, 1.82) is 0 Å². The Morgan fingerprint density at radius 2 is 2.06 bits per heavy atom. The Hall–Kier alpha value is -1.49. The zero-order chi connectivity index (χ0) is 13.5. The summed E-state index contributed by atoms with van der Waals surface area (Å²) in [6.07, 6.45) is 0. The van der Waals surface area contributed by atoms with E-state index in [1.54, 1.807) is 6.92 Å². The van der Waals surface area contributed by atoms with Gasteiger partial charge >= 0.3 is 5.97 Å². The number of thioether (sulfide) groups is 1. The number of aryl methyl sites for hydroxylation is 1. The summed E-state index contributed by atoms with van der Waals surface area (Å²) in [6, 6.07) is 7.55. The lowest BCUT2D eigenvalue weighted by molar-refractivity contribution is -0.140. The molecule has 0 saturated heterocycles. The number of rotatable bonds is 6. The minimum absolute atomic E-state index is 0.105. The predicted octanol–water partition coefficient (Wildman–Crippen LogP) is 2.39. The van der Waals surface area contributed by atoms with Gasteiger partial charge in [0.1, 0.15) is 0 Å². The van der Waals surface area contributed by atoms with Gasteiger partial charge in [-0.1, -0.05) is 25.1 Å². The molecule has 5 heteroatoms. The van der Waals surface area contributed by atoms with Crippen molar-refractivity contribution in [3.05, 3.63) is 29.8 Å². The molecule has 0 heterocycles. The van der Waals surface area contributed by atoms with E-state index in [1.807, 2.05) is 31.2 Å². The maximum atomic E-state index is 11.6. The van der Waals surface area contributed by atoms with Crippen LogP contribution in [0.3, 0.4) is 0 Å². The molecule has 0 saturated carbocycles. The van der Waals surface area contributed by atoms with Crippen LogP contribution in [0.4, 0.5) is 5.69 Å². The normalized spacial score (nSPS) is 11.9. The fraction of sp³-hybridized carbons (Fsp3) is 0.385. The molecule has 1 aromatic rings. The molecular formula is C13H17NO3S. The molecule has 1 unspecified atom stereocenters. The van der Waals surface area contributed by atoms with Crippen LogP contribution in [0.2, 0.25) is 0 Å².